The van der Waals surface area contributed by atoms with Crippen LogP contribution in [0.2, 0.25) is 0 Å². The molecule has 0 heterocycles. The summed E-state index contributed by atoms with van der Waals surface area (Å²) < 4.78 is 0. The molecule has 0 rings (SSSR count). The average Bonchev–Trinajstić information content (AvgIpc) is 0. The van der Waals surface area contributed by atoms with Crippen molar-refractivity contribution in [2.24, 2.45) is 0 Å². The van der Waals surface area contributed by atoms with Gasteiger partial charge in [-0.25, -0.2) is 0 Å². The van der Waals surface area contributed by atoms with Gasteiger partial charge in [-0.15, -0.1) is 0 Å². The van der Waals surface area contributed by atoms with Crippen molar-refractivity contribution in [3.63, 3.8) is 0 Å². The zero-order chi connectivity index (χ0) is 0. The van der Waals surface area contributed by atoms with Crippen molar-refractivity contribution in [2.45, 2.75) is 0 Å². The zero-order valence-corrected chi connectivity index (χ0v) is 9.07. The van der Waals surface area contributed by atoms with E-state index in [9.17, 15) is 0 Å². The van der Waals surface area contributed by atoms with Crippen LogP contribution in [0.5, 0.6) is 0 Å². The molecule has 0 aromatic carbocycles. The molecule has 1 unspecified atom stereocenters. The van der Waals surface area contributed by atoms with Gasteiger partial charge in [0.25, 0.3) is 0 Å². The van der Waals surface area contributed by atoms with E-state index >= 15 is 0 Å². The van der Waals surface area contributed by atoms with Crippen LogP contribution in [0, 0.1) is 0 Å². The monoisotopic (exact) mass is 117 g/mol. The van der Waals surface area contributed by atoms with Crippen molar-refractivity contribution in [1.82, 2.24) is 6.15 Å². The quantitative estimate of drug-likeness (QED) is 0.270. The molecule has 0 aliphatic heterocycles. The maximum absolute atomic E-state index is 0. The van der Waals surface area contributed by atoms with Crippen molar-refractivity contribution < 1.29 is 55.7 Å². The molecule has 0 spiro atoms. The summed E-state index contributed by atoms with van der Waals surface area (Å²) in [5.41, 5.74) is 0. The number of rotatable bonds is 0. The van der Waals surface area contributed by atoms with Gasteiger partial charge in [-0.1, -0.05) is 0 Å². The van der Waals surface area contributed by atoms with Gasteiger partial charge >= 0.3 is 74.4 Å². The molecule has 0 aromatic rings. The summed E-state index contributed by atoms with van der Waals surface area (Å²) in [5, 5.41) is 0. The molecule has 0 aliphatic carbocycles. The van der Waals surface area contributed by atoms with Gasteiger partial charge < -0.3 is 10.4 Å². The molecule has 0 amide bonds. The van der Waals surface area contributed by atoms with Crippen LogP contribution in [0.25, 0.3) is 0 Å². The van der Waals surface area contributed by atoms with Crippen molar-refractivity contribution >= 4 is 33.0 Å². The van der Waals surface area contributed by atoms with E-state index in [-0.39, 0.29) is 94.8 Å². The molecule has 0 saturated carbocycles. The van der Waals surface area contributed by atoms with Crippen LogP contribution in [0.1, 0.15) is 4.28 Å². The van der Waals surface area contributed by atoms with Gasteiger partial charge in [-0.2, -0.15) is 9.90 Å². The van der Waals surface area contributed by atoms with E-state index in [4.69, 9.17) is 0 Å². The number of hydrogen-bond acceptors (Lipinski definition) is 1. The van der Waals surface area contributed by atoms with Crippen LogP contribution in [-0.2, 0) is 0 Å². The van der Waals surface area contributed by atoms with Crippen LogP contribution in [0.15, 0.2) is 0 Å². The Kier molecular flexibility index (Phi) is 125. The molecule has 4 heavy (non-hydrogen) atoms. The summed E-state index contributed by atoms with van der Waals surface area (Å²) in [6, 6.07) is 0. The van der Waals surface area contributed by atoms with Gasteiger partial charge in [0.05, 0.1) is 0 Å². The molecule has 4 heteroatoms. The minimum atomic E-state index is 0. The van der Waals surface area contributed by atoms with Crippen LogP contribution in [0.4, 0.5) is 0 Å². The van der Waals surface area contributed by atoms with Crippen LogP contribution >= 0.6 is 9.90 Å². The Morgan fingerprint density at radius 2 is 1.25 bits per heavy atom. The summed E-state index contributed by atoms with van der Waals surface area (Å²) in [7, 11) is 0. The Morgan fingerprint density at radius 1 is 1.25 bits per heavy atom. The Balaban J connectivity index is 0. The third-order valence-corrected chi connectivity index (χ3v) is 0. The largest absolute Gasteiger partial charge is 2.00 e. The first-order valence-electron chi connectivity index (χ1n) is 0. The molecular formula is H9KMgNP. The fourth-order valence-corrected chi connectivity index (χ4v) is 0. The van der Waals surface area contributed by atoms with Crippen molar-refractivity contribution in [3.8, 4) is 0 Å². The van der Waals surface area contributed by atoms with E-state index in [1.807, 2.05) is 0 Å². The van der Waals surface area contributed by atoms with Crippen LogP contribution in [-0.4, -0.2) is 23.1 Å². The van der Waals surface area contributed by atoms with Gasteiger partial charge in [-0.05, 0) is 0 Å². The molecule has 0 bridgehead atoms. The normalized spacial score (nSPS) is 0. The Labute approximate surface area is 92.9 Å². The van der Waals surface area contributed by atoms with Crippen molar-refractivity contribution in [2.75, 3.05) is 0 Å². The van der Waals surface area contributed by atoms with Crippen molar-refractivity contribution in [1.29, 1.82) is 0 Å². The van der Waals surface area contributed by atoms with E-state index in [0.717, 1.165) is 0 Å². The topological polar surface area (TPSA) is 35.0 Å². The fraction of sp³-hybridized carbons (Fsp3) is 0. The van der Waals surface area contributed by atoms with Gasteiger partial charge in [0, 0.05) is 0 Å². The Hall–Kier alpha value is 2.79. The van der Waals surface area contributed by atoms with Gasteiger partial charge in [-0.3, -0.25) is 0 Å². The second-order valence-electron chi connectivity index (χ2n) is 0. The molecule has 0 saturated heterocycles. The summed E-state index contributed by atoms with van der Waals surface area (Å²) >= 11 is 0. The van der Waals surface area contributed by atoms with E-state index in [0.29, 0.717) is 0 Å². The van der Waals surface area contributed by atoms with E-state index in [1.165, 1.54) is 0 Å². The first kappa shape index (κ1) is 29.2. The molecule has 0 aliphatic rings. The molecular weight excluding hydrogens is 108 g/mol. The maximum atomic E-state index is 0. The molecule has 1 nitrogen and oxygen atoms in total. The SMILES string of the molecule is N.P.[H-].[H-].[H-].[K+].[Mg+2]. The smallest absolute Gasteiger partial charge is 1.00 e. The second-order valence-corrected chi connectivity index (χ2v) is 0. The molecule has 0 aromatic heterocycles. The molecule has 1 atom stereocenters. The van der Waals surface area contributed by atoms with Gasteiger partial charge in [0.15, 0.2) is 0 Å². The average molecular weight is 117 g/mol. The van der Waals surface area contributed by atoms with E-state index in [1.54, 1.807) is 0 Å². The molecule has 22 valence electrons. The fourth-order valence-electron chi connectivity index (χ4n) is 0. The first-order valence-corrected chi connectivity index (χ1v) is 0. The van der Waals surface area contributed by atoms with Gasteiger partial charge in [0.1, 0.15) is 0 Å². The standard InChI is InChI=1S/K.Mg.H3N.H3P.3H/h;;2*1H3;;;/q+1;+2;;;3*-1. The van der Waals surface area contributed by atoms with E-state index in [2.05, 4.69) is 0 Å². The maximum Gasteiger partial charge on any atom is 2.00 e. The summed E-state index contributed by atoms with van der Waals surface area (Å²) in [6.07, 6.45) is 0. The molecule has 3 N–H and O–H groups in total. The predicted octanol–water partition coefficient (Wildman–Crippen LogP) is -2.82. The minimum absolute atomic E-state index is 0. The second kappa shape index (κ2) is 17.1. The van der Waals surface area contributed by atoms with Crippen LogP contribution in [0.3, 0.4) is 0 Å². The summed E-state index contributed by atoms with van der Waals surface area (Å²) in [4.78, 5) is 0. The predicted molar refractivity (Wildman–Crippen MR) is 25.2 cm³/mol. The third kappa shape index (κ3) is 8.84. The Bertz CT molecular complexity index is 14.9. The minimum Gasteiger partial charge on any atom is -1.00 e. The summed E-state index contributed by atoms with van der Waals surface area (Å²) in [6.45, 7) is 0. The first-order chi connectivity index (χ1) is 0. The third-order valence-electron chi connectivity index (χ3n) is 0. The number of hydrogen-bond donors (Lipinski definition) is 1. The zero-order valence-electron chi connectivity index (χ0n) is 6.12. The summed E-state index contributed by atoms with van der Waals surface area (Å²) in [5.74, 6) is 0. The van der Waals surface area contributed by atoms with Gasteiger partial charge in [0.2, 0.25) is 0 Å². The molecule has 0 radical (unpaired) electrons. The van der Waals surface area contributed by atoms with Crippen molar-refractivity contribution in [3.05, 3.63) is 0 Å². The Morgan fingerprint density at radius 3 is 1.25 bits per heavy atom. The van der Waals surface area contributed by atoms with E-state index < -0.39 is 0 Å². The van der Waals surface area contributed by atoms with Crippen LogP contribution < -0.4 is 57.5 Å². The molecule has 0 fully saturated rings.